The number of hydrogen-bond acceptors (Lipinski definition) is 4. The van der Waals surface area contributed by atoms with Crippen LogP contribution in [0.2, 0.25) is 0 Å². The molecule has 0 saturated carbocycles. The average molecular weight is 348 g/mol. The first-order chi connectivity index (χ1) is 11.5. The van der Waals surface area contributed by atoms with Gasteiger partial charge in [-0.15, -0.1) is 0 Å². The summed E-state index contributed by atoms with van der Waals surface area (Å²) in [6.07, 6.45) is 1.77. The molecule has 4 rings (SSSR count). The van der Waals surface area contributed by atoms with Gasteiger partial charge in [-0.3, -0.25) is 4.79 Å². The van der Waals surface area contributed by atoms with E-state index in [0.29, 0.717) is 17.7 Å². The van der Waals surface area contributed by atoms with Gasteiger partial charge in [0.1, 0.15) is 5.76 Å². The molecule has 0 fully saturated rings. The Bertz CT molecular complexity index is 880. The molecule has 1 aromatic carbocycles. The fourth-order valence-corrected chi connectivity index (χ4v) is 5.10. The molecule has 3 heterocycles. The third-order valence-corrected chi connectivity index (χ3v) is 6.49. The Balaban J connectivity index is 1.69. The van der Waals surface area contributed by atoms with Crippen LogP contribution < -0.4 is 0 Å². The quantitative estimate of drug-likeness (QED) is 0.908. The summed E-state index contributed by atoms with van der Waals surface area (Å²) < 4.78 is 33.8. The molecule has 2 aromatic rings. The summed E-state index contributed by atoms with van der Waals surface area (Å²) in [7, 11) is -3.90. The summed E-state index contributed by atoms with van der Waals surface area (Å²) in [5.41, 5.74) is 2.32. The molecule has 2 aliphatic rings. The maximum Gasteiger partial charge on any atom is 0.326 e. The fourth-order valence-electron chi connectivity index (χ4n) is 3.41. The van der Waals surface area contributed by atoms with Crippen LogP contribution in [-0.2, 0) is 34.5 Å². The average Bonchev–Trinajstić information content (AvgIpc) is 3.20. The van der Waals surface area contributed by atoms with Crippen molar-refractivity contribution < 1.29 is 22.7 Å². The predicted octanol–water partition coefficient (Wildman–Crippen LogP) is 1.52. The SMILES string of the molecule is O=C(O)C1c2ccoc2CCN1S(=O)(=O)N1Cc2ccccc2C1. The van der Waals surface area contributed by atoms with Crippen LogP contribution >= 0.6 is 0 Å². The highest BCUT2D eigenvalue weighted by Crippen LogP contribution is 2.36. The molecule has 126 valence electrons. The molecular formula is C16H16N2O5S. The molecule has 0 aliphatic carbocycles. The second-order valence-electron chi connectivity index (χ2n) is 5.95. The van der Waals surface area contributed by atoms with Crippen LogP contribution in [0.25, 0.3) is 0 Å². The second-order valence-corrected chi connectivity index (χ2v) is 7.83. The lowest BCUT2D eigenvalue weighted by Crippen LogP contribution is -2.48. The van der Waals surface area contributed by atoms with Crippen LogP contribution in [0.5, 0.6) is 0 Å². The molecule has 0 radical (unpaired) electrons. The Morgan fingerprint density at radius 2 is 1.83 bits per heavy atom. The van der Waals surface area contributed by atoms with Crippen molar-refractivity contribution in [3.63, 3.8) is 0 Å². The number of fused-ring (bicyclic) bond motifs is 2. The zero-order chi connectivity index (χ0) is 16.9. The Morgan fingerprint density at radius 3 is 2.46 bits per heavy atom. The summed E-state index contributed by atoms with van der Waals surface area (Å²) in [5, 5.41) is 9.59. The van der Waals surface area contributed by atoms with Gasteiger partial charge in [0.15, 0.2) is 6.04 Å². The van der Waals surface area contributed by atoms with Crippen LogP contribution in [0.3, 0.4) is 0 Å². The molecule has 1 aromatic heterocycles. The summed E-state index contributed by atoms with van der Waals surface area (Å²) in [6, 6.07) is 7.81. The van der Waals surface area contributed by atoms with Crippen LogP contribution in [0.4, 0.5) is 0 Å². The molecular weight excluding hydrogens is 332 g/mol. The number of nitrogens with zero attached hydrogens (tertiary/aromatic N) is 2. The van der Waals surface area contributed by atoms with Crippen molar-refractivity contribution in [2.24, 2.45) is 0 Å². The van der Waals surface area contributed by atoms with Crippen molar-refractivity contribution in [1.82, 2.24) is 8.61 Å². The minimum atomic E-state index is -3.90. The molecule has 0 saturated heterocycles. The van der Waals surface area contributed by atoms with E-state index in [9.17, 15) is 18.3 Å². The molecule has 0 bridgehead atoms. The van der Waals surface area contributed by atoms with E-state index < -0.39 is 22.2 Å². The Kier molecular flexibility index (Phi) is 3.48. The lowest BCUT2D eigenvalue weighted by Gasteiger charge is -2.34. The molecule has 2 aliphatic heterocycles. The Hall–Kier alpha value is -2.16. The Morgan fingerprint density at radius 1 is 1.17 bits per heavy atom. The first-order valence-corrected chi connectivity index (χ1v) is 9.01. The number of rotatable bonds is 3. The van der Waals surface area contributed by atoms with Crippen molar-refractivity contribution in [3.8, 4) is 0 Å². The highest BCUT2D eigenvalue weighted by Gasteiger charge is 2.44. The first kappa shape index (κ1) is 15.4. The van der Waals surface area contributed by atoms with E-state index in [2.05, 4.69) is 0 Å². The van der Waals surface area contributed by atoms with Gasteiger partial charge in [-0.1, -0.05) is 24.3 Å². The van der Waals surface area contributed by atoms with E-state index in [-0.39, 0.29) is 19.6 Å². The van der Waals surface area contributed by atoms with E-state index in [4.69, 9.17) is 4.42 Å². The summed E-state index contributed by atoms with van der Waals surface area (Å²) in [6.45, 7) is 0.617. The van der Waals surface area contributed by atoms with Gasteiger partial charge in [0, 0.05) is 31.6 Å². The standard InChI is InChI=1S/C16H16N2O5S/c19-16(20)15-13-6-8-23-14(13)5-7-18(15)24(21,22)17-9-11-3-1-2-4-12(11)10-17/h1-4,6,8,15H,5,7,9-10H2,(H,19,20). The number of aliphatic carboxylic acids is 1. The van der Waals surface area contributed by atoms with Crippen LogP contribution in [0, 0.1) is 0 Å². The smallest absolute Gasteiger partial charge is 0.326 e. The monoisotopic (exact) mass is 348 g/mol. The molecule has 1 unspecified atom stereocenters. The van der Waals surface area contributed by atoms with Crippen molar-refractivity contribution in [2.45, 2.75) is 25.6 Å². The third-order valence-electron chi connectivity index (χ3n) is 4.59. The van der Waals surface area contributed by atoms with Crippen LogP contribution in [0.1, 0.15) is 28.5 Å². The van der Waals surface area contributed by atoms with Gasteiger partial charge in [-0.2, -0.15) is 17.0 Å². The Labute approximate surface area is 139 Å². The summed E-state index contributed by atoms with van der Waals surface area (Å²) in [4.78, 5) is 11.7. The first-order valence-electron chi connectivity index (χ1n) is 7.61. The molecule has 0 amide bonds. The predicted molar refractivity (Wildman–Crippen MR) is 84.1 cm³/mol. The van der Waals surface area contributed by atoms with E-state index in [1.807, 2.05) is 24.3 Å². The second kappa shape index (κ2) is 5.44. The van der Waals surface area contributed by atoms with Gasteiger partial charge in [0.05, 0.1) is 6.26 Å². The fraction of sp³-hybridized carbons (Fsp3) is 0.312. The molecule has 24 heavy (non-hydrogen) atoms. The molecule has 1 atom stereocenters. The van der Waals surface area contributed by atoms with Crippen molar-refractivity contribution in [2.75, 3.05) is 6.54 Å². The normalized spacial score (nSPS) is 21.4. The van der Waals surface area contributed by atoms with E-state index in [0.717, 1.165) is 15.4 Å². The van der Waals surface area contributed by atoms with Crippen LogP contribution in [0.15, 0.2) is 41.0 Å². The van der Waals surface area contributed by atoms with E-state index in [1.165, 1.54) is 16.6 Å². The summed E-state index contributed by atoms with van der Waals surface area (Å²) >= 11 is 0. The van der Waals surface area contributed by atoms with Gasteiger partial charge in [-0.05, 0) is 17.2 Å². The van der Waals surface area contributed by atoms with Crippen molar-refractivity contribution in [3.05, 3.63) is 59.0 Å². The number of hydrogen-bond donors (Lipinski definition) is 1. The number of benzene rings is 1. The number of carboxylic acids is 1. The van der Waals surface area contributed by atoms with Crippen molar-refractivity contribution in [1.29, 1.82) is 0 Å². The van der Waals surface area contributed by atoms with E-state index >= 15 is 0 Å². The maximum absolute atomic E-state index is 13.1. The zero-order valence-corrected chi connectivity index (χ0v) is 13.6. The maximum atomic E-state index is 13.1. The van der Waals surface area contributed by atoms with Crippen molar-refractivity contribution >= 4 is 16.2 Å². The molecule has 0 spiro atoms. The van der Waals surface area contributed by atoms with Gasteiger partial charge in [0.2, 0.25) is 0 Å². The lowest BCUT2D eigenvalue weighted by molar-refractivity contribution is -0.142. The van der Waals surface area contributed by atoms with E-state index in [1.54, 1.807) is 0 Å². The number of carbonyl (C=O) groups is 1. The number of furan rings is 1. The van der Waals surface area contributed by atoms with Gasteiger partial charge >= 0.3 is 5.97 Å². The van der Waals surface area contributed by atoms with Gasteiger partial charge in [0.25, 0.3) is 10.2 Å². The highest BCUT2D eigenvalue weighted by atomic mass is 32.2. The minimum absolute atomic E-state index is 0.0899. The molecule has 8 heteroatoms. The van der Waals surface area contributed by atoms with Crippen LogP contribution in [-0.4, -0.2) is 34.6 Å². The summed E-state index contributed by atoms with van der Waals surface area (Å²) in [5.74, 6) is -0.656. The minimum Gasteiger partial charge on any atom is -0.480 e. The van der Waals surface area contributed by atoms with Gasteiger partial charge < -0.3 is 9.52 Å². The number of carboxylic acid groups (broad SMARTS) is 1. The lowest BCUT2D eigenvalue weighted by atomic mass is 10.0. The third kappa shape index (κ3) is 2.26. The highest BCUT2D eigenvalue weighted by molar-refractivity contribution is 7.86. The van der Waals surface area contributed by atoms with Gasteiger partial charge in [-0.25, -0.2) is 0 Å². The largest absolute Gasteiger partial charge is 0.480 e. The topological polar surface area (TPSA) is 91.1 Å². The molecule has 7 nitrogen and oxygen atoms in total. The zero-order valence-electron chi connectivity index (χ0n) is 12.8. The molecule has 1 N–H and O–H groups in total.